The number of halogens is 1. The van der Waals surface area contributed by atoms with Crippen molar-refractivity contribution in [2.45, 2.75) is 26.8 Å². The zero-order valence-corrected chi connectivity index (χ0v) is 11.7. The third-order valence-corrected chi connectivity index (χ3v) is 3.99. The molecule has 1 aromatic carbocycles. The summed E-state index contributed by atoms with van der Waals surface area (Å²) < 4.78 is 13.5. The van der Waals surface area contributed by atoms with E-state index in [9.17, 15) is 9.18 Å². The highest BCUT2D eigenvalue weighted by Crippen LogP contribution is 2.20. The Morgan fingerprint density at radius 3 is 2.63 bits per heavy atom. The zero-order chi connectivity index (χ0) is 14.0. The molecule has 2 atom stereocenters. The Hall–Kier alpha value is -1.42. The van der Waals surface area contributed by atoms with Gasteiger partial charge >= 0.3 is 0 Å². The number of amides is 1. The lowest BCUT2D eigenvalue weighted by molar-refractivity contribution is -0.127. The molecular formula is C15H21FN2O. The summed E-state index contributed by atoms with van der Waals surface area (Å²) in [6, 6.07) is 4.93. The number of hydrogen-bond acceptors (Lipinski definition) is 2. The first-order valence-electron chi connectivity index (χ1n) is 6.76. The second-order valence-electron chi connectivity index (χ2n) is 5.45. The molecule has 0 radical (unpaired) electrons. The number of hydrogen-bond donors (Lipinski definition) is 2. The number of nitrogens with one attached hydrogen (secondary N) is 2. The van der Waals surface area contributed by atoms with Gasteiger partial charge in [-0.25, -0.2) is 4.39 Å². The van der Waals surface area contributed by atoms with Crippen LogP contribution in [0.1, 0.15) is 31.0 Å². The fraction of sp³-hybridized carbons (Fsp3) is 0.533. The smallest absolute Gasteiger partial charge is 0.223 e. The van der Waals surface area contributed by atoms with Gasteiger partial charge in [0.2, 0.25) is 5.91 Å². The lowest BCUT2D eigenvalue weighted by Crippen LogP contribution is -2.49. The normalized spacial score (nSPS) is 18.5. The van der Waals surface area contributed by atoms with Gasteiger partial charge in [-0.2, -0.15) is 0 Å². The molecule has 4 heteroatoms. The lowest BCUT2D eigenvalue weighted by Gasteiger charge is -2.32. The minimum atomic E-state index is -0.227. The van der Waals surface area contributed by atoms with Crippen molar-refractivity contribution in [1.29, 1.82) is 0 Å². The van der Waals surface area contributed by atoms with Crippen molar-refractivity contribution in [3.63, 3.8) is 0 Å². The van der Waals surface area contributed by atoms with Gasteiger partial charge in [-0.1, -0.05) is 19.1 Å². The van der Waals surface area contributed by atoms with Crippen LogP contribution in [0.3, 0.4) is 0 Å². The molecule has 1 amide bonds. The van der Waals surface area contributed by atoms with Crippen LogP contribution in [-0.4, -0.2) is 19.0 Å². The molecule has 2 rings (SSSR count). The maximum absolute atomic E-state index is 13.5. The number of aryl methyl sites for hydroxylation is 1. The topological polar surface area (TPSA) is 41.1 Å². The van der Waals surface area contributed by atoms with Crippen LogP contribution in [0.4, 0.5) is 4.39 Å². The molecule has 0 aromatic heterocycles. The highest BCUT2D eigenvalue weighted by Gasteiger charge is 2.29. The van der Waals surface area contributed by atoms with Crippen LogP contribution in [0.15, 0.2) is 18.2 Å². The Balaban J connectivity index is 1.97. The highest BCUT2D eigenvalue weighted by molar-refractivity contribution is 5.79. The maximum atomic E-state index is 13.5. The van der Waals surface area contributed by atoms with Crippen molar-refractivity contribution in [2.24, 2.45) is 11.8 Å². The van der Waals surface area contributed by atoms with E-state index in [1.165, 1.54) is 6.07 Å². The van der Waals surface area contributed by atoms with Crippen LogP contribution in [0.5, 0.6) is 0 Å². The third kappa shape index (κ3) is 3.13. The summed E-state index contributed by atoms with van der Waals surface area (Å²) in [6.45, 7) is 7.37. The molecule has 104 valence electrons. The Morgan fingerprint density at radius 1 is 1.42 bits per heavy atom. The first-order chi connectivity index (χ1) is 8.99. The highest BCUT2D eigenvalue weighted by atomic mass is 19.1. The van der Waals surface area contributed by atoms with Crippen molar-refractivity contribution < 1.29 is 9.18 Å². The summed E-state index contributed by atoms with van der Waals surface area (Å²) in [5, 5.41) is 6.12. The summed E-state index contributed by atoms with van der Waals surface area (Å²) in [6.07, 6.45) is 0. The van der Waals surface area contributed by atoms with Crippen molar-refractivity contribution in [3.05, 3.63) is 35.1 Å². The van der Waals surface area contributed by atoms with E-state index in [1.807, 2.05) is 19.9 Å². The largest absolute Gasteiger partial charge is 0.349 e. The van der Waals surface area contributed by atoms with Crippen LogP contribution in [0.2, 0.25) is 0 Å². The van der Waals surface area contributed by atoms with Crippen LogP contribution < -0.4 is 10.6 Å². The molecule has 1 aliphatic heterocycles. The standard InChI is InChI=1S/C15H21FN2O/c1-9-4-5-12(6-14(9)16)11(3)18-15(19)10(2)13-7-17-8-13/h4-6,10-11,13,17H,7-8H2,1-3H3,(H,18,19). The van der Waals surface area contributed by atoms with Crippen LogP contribution in [0.25, 0.3) is 0 Å². The van der Waals surface area contributed by atoms with E-state index in [2.05, 4.69) is 10.6 Å². The van der Waals surface area contributed by atoms with Crippen LogP contribution >= 0.6 is 0 Å². The Labute approximate surface area is 113 Å². The van der Waals surface area contributed by atoms with Gasteiger partial charge in [-0.05, 0) is 50.0 Å². The van der Waals surface area contributed by atoms with Crippen molar-refractivity contribution in [2.75, 3.05) is 13.1 Å². The molecule has 1 aliphatic rings. The zero-order valence-electron chi connectivity index (χ0n) is 11.7. The molecule has 3 nitrogen and oxygen atoms in total. The second-order valence-corrected chi connectivity index (χ2v) is 5.45. The fourth-order valence-corrected chi connectivity index (χ4v) is 2.19. The minimum Gasteiger partial charge on any atom is -0.349 e. The number of benzene rings is 1. The van der Waals surface area contributed by atoms with Gasteiger partial charge in [-0.3, -0.25) is 4.79 Å². The molecule has 1 fully saturated rings. The second kappa shape index (κ2) is 5.70. The SMILES string of the molecule is Cc1ccc(C(C)NC(=O)C(C)C2CNC2)cc1F. The summed E-state index contributed by atoms with van der Waals surface area (Å²) in [7, 11) is 0. The maximum Gasteiger partial charge on any atom is 0.223 e. The predicted molar refractivity (Wildman–Crippen MR) is 73.2 cm³/mol. The fourth-order valence-electron chi connectivity index (χ4n) is 2.19. The average Bonchev–Trinajstić information content (AvgIpc) is 2.30. The lowest BCUT2D eigenvalue weighted by atomic mass is 9.88. The van der Waals surface area contributed by atoms with E-state index < -0.39 is 0 Å². The first kappa shape index (κ1) is 14.0. The van der Waals surface area contributed by atoms with Gasteiger partial charge in [0, 0.05) is 5.92 Å². The average molecular weight is 264 g/mol. The molecule has 2 unspecified atom stereocenters. The number of carbonyl (C=O) groups excluding carboxylic acids is 1. The first-order valence-corrected chi connectivity index (χ1v) is 6.76. The van der Waals surface area contributed by atoms with Gasteiger partial charge in [0.05, 0.1) is 6.04 Å². The molecule has 1 heterocycles. The quantitative estimate of drug-likeness (QED) is 0.875. The van der Waals surface area contributed by atoms with E-state index in [0.29, 0.717) is 11.5 Å². The molecule has 1 aromatic rings. The molecule has 19 heavy (non-hydrogen) atoms. The molecule has 2 N–H and O–H groups in total. The van der Waals surface area contributed by atoms with E-state index in [-0.39, 0.29) is 23.7 Å². The Morgan fingerprint density at radius 2 is 2.11 bits per heavy atom. The third-order valence-electron chi connectivity index (χ3n) is 3.99. The summed E-state index contributed by atoms with van der Waals surface area (Å²) in [5.74, 6) is 0.232. The summed E-state index contributed by atoms with van der Waals surface area (Å²) >= 11 is 0. The molecule has 0 aliphatic carbocycles. The van der Waals surface area contributed by atoms with Crippen LogP contribution in [0, 0.1) is 24.6 Å². The van der Waals surface area contributed by atoms with Crippen LogP contribution in [-0.2, 0) is 4.79 Å². The summed E-state index contributed by atoms with van der Waals surface area (Å²) in [5.41, 5.74) is 1.42. The van der Waals surface area contributed by atoms with E-state index in [1.54, 1.807) is 13.0 Å². The van der Waals surface area contributed by atoms with Gasteiger partial charge in [0.1, 0.15) is 5.82 Å². The molecule has 0 saturated carbocycles. The predicted octanol–water partition coefficient (Wildman–Crippen LogP) is 2.17. The number of carbonyl (C=O) groups is 1. The Bertz CT molecular complexity index is 471. The van der Waals surface area contributed by atoms with E-state index in [0.717, 1.165) is 18.7 Å². The van der Waals surface area contributed by atoms with Crippen molar-refractivity contribution >= 4 is 5.91 Å². The van der Waals surface area contributed by atoms with Crippen molar-refractivity contribution in [3.8, 4) is 0 Å². The minimum absolute atomic E-state index is 0.000930. The summed E-state index contributed by atoms with van der Waals surface area (Å²) in [4.78, 5) is 12.1. The van der Waals surface area contributed by atoms with Gasteiger partial charge in [0.15, 0.2) is 0 Å². The van der Waals surface area contributed by atoms with Crippen molar-refractivity contribution in [1.82, 2.24) is 10.6 Å². The monoisotopic (exact) mass is 264 g/mol. The van der Waals surface area contributed by atoms with E-state index in [4.69, 9.17) is 0 Å². The van der Waals surface area contributed by atoms with Gasteiger partial charge in [-0.15, -0.1) is 0 Å². The number of rotatable bonds is 4. The Kier molecular flexibility index (Phi) is 4.20. The molecule has 0 spiro atoms. The van der Waals surface area contributed by atoms with E-state index >= 15 is 0 Å². The molecular weight excluding hydrogens is 243 g/mol. The van der Waals surface area contributed by atoms with Gasteiger partial charge in [0.25, 0.3) is 0 Å². The van der Waals surface area contributed by atoms with Gasteiger partial charge < -0.3 is 10.6 Å². The molecule has 0 bridgehead atoms. The molecule has 1 saturated heterocycles.